The van der Waals surface area contributed by atoms with E-state index in [0.29, 0.717) is 47.7 Å². The fraction of sp³-hybridized carbons (Fsp3) is 0.640. The van der Waals surface area contributed by atoms with Gasteiger partial charge in [-0.05, 0) is 75.8 Å². The molecule has 2 aromatic rings. The molecule has 0 aromatic carbocycles. The predicted octanol–water partition coefficient (Wildman–Crippen LogP) is 3.23. The van der Waals surface area contributed by atoms with Crippen LogP contribution in [-0.2, 0) is 4.74 Å². The molecule has 3 fully saturated rings. The molecule has 2 saturated carbocycles. The number of amidine groups is 1. The maximum Gasteiger partial charge on any atom is 0.226 e. The Labute approximate surface area is 200 Å². The molecule has 6 atom stereocenters. The Morgan fingerprint density at radius 2 is 2.15 bits per heavy atom. The first-order valence-electron chi connectivity index (χ1n) is 12.4. The number of nitrogens with two attached hydrogens (primary N) is 2. The lowest BCUT2D eigenvalue weighted by atomic mass is 9.61. The van der Waals surface area contributed by atoms with Crippen LogP contribution in [0.5, 0.6) is 0 Å². The summed E-state index contributed by atoms with van der Waals surface area (Å²) >= 11 is 0. The van der Waals surface area contributed by atoms with Crippen molar-refractivity contribution in [1.29, 1.82) is 0 Å². The van der Waals surface area contributed by atoms with Crippen molar-refractivity contribution in [3.8, 4) is 0 Å². The Morgan fingerprint density at radius 1 is 1.32 bits per heavy atom. The van der Waals surface area contributed by atoms with Gasteiger partial charge in [0.05, 0.1) is 23.6 Å². The molecule has 184 valence electrons. The molecule has 6 N–H and O–H groups in total. The quantitative estimate of drug-likeness (QED) is 0.391. The molecule has 5 rings (SSSR count). The summed E-state index contributed by atoms with van der Waals surface area (Å²) in [5.41, 5.74) is 12.7. The molecule has 34 heavy (non-hydrogen) atoms. The van der Waals surface area contributed by atoms with Crippen LogP contribution in [0.2, 0.25) is 0 Å². The lowest BCUT2D eigenvalue weighted by Crippen LogP contribution is -2.50. The van der Waals surface area contributed by atoms with Crippen LogP contribution in [0.1, 0.15) is 58.9 Å². The zero-order valence-electron chi connectivity index (χ0n) is 20.4. The lowest BCUT2D eigenvalue weighted by molar-refractivity contribution is -0.0502. The summed E-state index contributed by atoms with van der Waals surface area (Å²) in [5.74, 6) is 2.81. The molecule has 0 radical (unpaired) electrons. The number of ether oxygens (including phenoxy) is 1. The van der Waals surface area contributed by atoms with E-state index in [0.717, 1.165) is 49.7 Å². The van der Waals surface area contributed by atoms with Gasteiger partial charge in [-0.15, -0.1) is 0 Å². The Kier molecular flexibility index (Phi) is 6.02. The SMILES string of the molecule is C/C(N)=C/C(N)=Nc1nc(NC2C(C)CC3CC2CC(C)(O)C3)nc2c1ccn2C1CCOC1. The molecule has 2 aromatic heterocycles. The number of aliphatic imine (C=N–C) groups is 1. The third kappa shape index (κ3) is 4.63. The van der Waals surface area contributed by atoms with Gasteiger partial charge in [0.15, 0.2) is 5.82 Å². The molecule has 3 aliphatic rings. The van der Waals surface area contributed by atoms with Crippen LogP contribution in [0.25, 0.3) is 11.0 Å². The largest absolute Gasteiger partial charge is 0.402 e. The minimum absolute atomic E-state index is 0.194. The fourth-order valence-electron chi connectivity index (χ4n) is 6.46. The van der Waals surface area contributed by atoms with Crippen LogP contribution in [0.15, 0.2) is 29.0 Å². The van der Waals surface area contributed by atoms with E-state index in [1.54, 1.807) is 13.0 Å². The van der Waals surface area contributed by atoms with Gasteiger partial charge in [-0.1, -0.05) is 6.92 Å². The van der Waals surface area contributed by atoms with Crippen molar-refractivity contribution in [1.82, 2.24) is 14.5 Å². The summed E-state index contributed by atoms with van der Waals surface area (Å²) in [6, 6.07) is 2.43. The third-order valence-corrected chi connectivity index (χ3v) is 7.65. The number of rotatable bonds is 5. The van der Waals surface area contributed by atoms with Crippen molar-refractivity contribution < 1.29 is 9.84 Å². The van der Waals surface area contributed by atoms with E-state index in [-0.39, 0.29) is 12.1 Å². The lowest BCUT2D eigenvalue weighted by Gasteiger charge is -2.49. The van der Waals surface area contributed by atoms with Crippen molar-refractivity contribution in [3.05, 3.63) is 24.0 Å². The summed E-state index contributed by atoms with van der Waals surface area (Å²) in [7, 11) is 0. The molecule has 0 amide bonds. The number of nitrogens with one attached hydrogen (secondary N) is 1. The number of hydrogen-bond donors (Lipinski definition) is 4. The molecule has 9 heteroatoms. The minimum Gasteiger partial charge on any atom is -0.402 e. The number of aliphatic hydroxyl groups is 1. The zero-order valence-corrected chi connectivity index (χ0v) is 20.4. The molecule has 2 aliphatic carbocycles. The third-order valence-electron chi connectivity index (χ3n) is 7.65. The highest BCUT2D eigenvalue weighted by Crippen LogP contribution is 2.47. The Bertz CT molecular complexity index is 1110. The topological polar surface area (TPSA) is 137 Å². The normalized spacial score (nSPS) is 34.5. The Hall–Kier alpha value is -2.65. The van der Waals surface area contributed by atoms with E-state index in [1.807, 2.05) is 19.2 Å². The standard InChI is InChI=1S/C25H37N7O2/c1-14-8-16-10-17(12-25(3,33)11-16)21(14)29-24-30-22(28-20(27)9-15(2)26)19-4-6-32(23(19)31-24)18-5-7-34-13-18/h4,6,9,14,16-18,21,33H,5,7-8,10-13,26H2,1-3H3,(H3,27,28,29,30,31)/b15-9-. The maximum atomic E-state index is 10.8. The highest BCUT2D eigenvalue weighted by Gasteiger charge is 2.45. The molecule has 1 saturated heterocycles. The van der Waals surface area contributed by atoms with E-state index < -0.39 is 5.60 Å². The van der Waals surface area contributed by atoms with E-state index in [9.17, 15) is 5.11 Å². The van der Waals surface area contributed by atoms with Crippen molar-refractivity contribution in [3.63, 3.8) is 0 Å². The summed E-state index contributed by atoms with van der Waals surface area (Å²) < 4.78 is 7.79. The number of anilines is 1. The van der Waals surface area contributed by atoms with Gasteiger partial charge in [-0.3, -0.25) is 0 Å². The van der Waals surface area contributed by atoms with Gasteiger partial charge >= 0.3 is 0 Å². The van der Waals surface area contributed by atoms with Gasteiger partial charge in [0, 0.05) is 24.5 Å². The van der Waals surface area contributed by atoms with Gasteiger partial charge < -0.3 is 31.2 Å². The Balaban J connectivity index is 1.53. The molecule has 9 nitrogen and oxygen atoms in total. The van der Waals surface area contributed by atoms with E-state index >= 15 is 0 Å². The first-order chi connectivity index (χ1) is 16.2. The maximum absolute atomic E-state index is 10.8. The second kappa shape index (κ2) is 8.85. The highest BCUT2D eigenvalue weighted by molar-refractivity contribution is 5.97. The van der Waals surface area contributed by atoms with E-state index in [1.165, 1.54) is 0 Å². The molecule has 2 bridgehead atoms. The summed E-state index contributed by atoms with van der Waals surface area (Å²) in [4.78, 5) is 14.3. The fourth-order valence-corrected chi connectivity index (χ4v) is 6.46. The van der Waals surface area contributed by atoms with Gasteiger partial charge in [0.1, 0.15) is 11.5 Å². The number of nitrogens with zero attached hydrogens (tertiary/aromatic N) is 4. The average molecular weight is 468 g/mol. The molecular formula is C25H37N7O2. The van der Waals surface area contributed by atoms with Crippen LogP contribution in [-0.4, -0.2) is 50.3 Å². The molecule has 3 heterocycles. The molecular weight excluding hydrogens is 430 g/mol. The van der Waals surface area contributed by atoms with Crippen LogP contribution in [0.3, 0.4) is 0 Å². The number of allylic oxidation sites excluding steroid dienone is 1. The van der Waals surface area contributed by atoms with Crippen molar-refractivity contribution in [2.45, 2.75) is 70.6 Å². The minimum atomic E-state index is -0.605. The predicted molar refractivity (Wildman–Crippen MR) is 134 cm³/mol. The highest BCUT2D eigenvalue weighted by atomic mass is 16.5. The van der Waals surface area contributed by atoms with E-state index in [2.05, 4.69) is 21.8 Å². The number of fused-ring (bicyclic) bond motifs is 3. The second-order valence-electron chi connectivity index (χ2n) is 10.9. The number of aromatic nitrogens is 3. The van der Waals surface area contributed by atoms with Crippen LogP contribution < -0.4 is 16.8 Å². The summed E-state index contributed by atoms with van der Waals surface area (Å²) in [6.07, 6.45) is 8.54. The summed E-state index contributed by atoms with van der Waals surface area (Å²) in [6.45, 7) is 7.46. The van der Waals surface area contributed by atoms with Gasteiger partial charge in [-0.25, -0.2) is 4.99 Å². The average Bonchev–Trinajstić information content (AvgIpc) is 3.38. The van der Waals surface area contributed by atoms with Crippen molar-refractivity contribution in [2.75, 3.05) is 18.5 Å². The van der Waals surface area contributed by atoms with Gasteiger partial charge in [0.25, 0.3) is 0 Å². The van der Waals surface area contributed by atoms with E-state index in [4.69, 9.17) is 26.2 Å². The smallest absolute Gasteiger partial charge is 0.226 e. The molecule has 0 spiro atoms. The Morgan fingerprint density at radius 3 is 2.88 bits per heavy atom. The molecule has 1 aliphatic heterocycles. The first-order valence-corrected chi connectivity index (χ1v) is 12.4. The van der Waals surface area contributed by atoms with Gasteiger partial charge in [-0.2, -0.15) is 9.97 Å². The first kappa shape index (κ1) is 23.1. The van der Waals surface area contributed by atoms with Crippen molar-refractivity contribution in [2.24, 2.45) is 34.2 Å². The van der Waals surface area contributed by atoms with Crippen LogP contribution in [0.4, 0.5) is 11.8 Å². The zero-order chi connectivity index (χ0) is 24.0. The molecule has 6 unspecified atom stereocenters. The van der Waals surface area contributed by atoms with Crippen LogP contribution in [0, 0.1) is 17.8 Å². The van der Waals surface area contributed by atoms with Crippen molar-refractivity contribution >= 4 is 28.6 Å². The summed E-state index contributed by atoms with van der Waals surface area (Å²) in [5, 5.41) is 15.3. The van der Waals surface area contributed by atoms with Crippen LogP contribution >= 0.6 is 0 Å². The monoisotopic (exact) mass is 467 g/mol. The number of hydrogen-bond acceptors (Lipinski definition) is 7. The second-order valence-corrected chi connectivity index (χ2v) is 10.9. The van der Waals surface area contributed by atoms with Gasteiger partial charge in [0.2, 0.25) is 5.95 Å².